The molecule has 1 aromatic carbocycles. The maximum absolute atomic E-state index is 13.3. The van der Waals surface area contributed by atoms with Gasteiger partial charge in [0.05, 0.1) is 12.2 Å². The summed E-state index contributed by atoms with van der Waals surface area (Å²) in [6.45, 7) is 7.37. The van der Waals surface area contributed by atoms with E-state index in [0.29, 0.717) is 29.9 Å². The van der Waals surface area contributed by atoms with Gasteiger partial charge in [0.2, 0.25) is 5.91 Å². The Bertz CT molecular complexity index is 988. The average molecular weight is 413 g/mol. The van der Waals surface area contributed by atoms with Gasteiger partial charge in [0.1, 0.15) is 5.60 Å². The molecule has 1 aromatic heterocycles. The molecule has 0 saturated carbocycles. The number of nitrogens with two attached hydrogens (primary N) is 1. The van der Waals surface area contributed by atoms with Crippen molar-refractivity contribution < 1.29 is 19.1 Å². The molecule has 0 bridgehead atoms. The SMILES string of the molecule is CC(=O)N(C(=O)c1nn(C)c2c1CN(C(=O)OC(C)(C)C)CC2)c1ccc(N)cc1. The number of hydrogen-bond donors (Lipinski definition) is 1. The normalized spacial score (nSPS) is 13.6. The Morgan fingerprint density at radius 3 is 2.37 bits per heavy atom. The van der Waals surface area contributed by atoms with Crippen molar-refractivity contribution in [3.05, 3.63) is 41.2 Å². The fourth-order valence-electron chi connectivity index (χ4n) is 3.42. The molecule has 30 heavy (non-hydrogen) atoms. The monoisotopic (exact) mass is 413 g/mol. The van der Waals surface area contributed by atoms with Crippen molar-refractivity contribution in [2.45, 2.75) is 46.3 Å². The summed E-state index contributed by atoms with van der Waals surface area (Å²) < 4.78 is 7.10. The van der Waals surface area contributed by atoms with E-state index in [9.17, 15) is 14.4 Å². The summed E-state index contributed by atoms with van der Waals surface area (Å²) in [5.41, 5.74) is 7.66. The van der Waals surface area contributed by atoms with E-state index in [-0.39, 0.29) is 12.2 Å². The van der Waals surface area contributed by atoms with E-state index in [1.54, 1.807) is 61.7 Å². The molecule has 2 aromatic rings. The van der Waals surface area contributed by atoms with Gasteiger partial charge in [-0.3, -0.25) is 14.3 Å². The number of fused-ring (bicyclic) bond motifs is 1. The molecule has 3 amide bonds. The zero-order chi connectivity index (χ0) is 22.2. The fraction of sp³-hybridized carbons (Fsp3) is 0.429. The molecular formula is C21H27N5O4. The Kier molecular flexibility index (Phi) is 5.56. The van der Waals surface area contributed by atoms with E-state index in [1.165, 1.54) is 6.92 Å². The standard InChI is InChI=1S/C21H27N5O4/c1-13(27)26(15-8-6-14(22)7-9-15)19(28)18-16-12-25(20(29)30-21(2,3)4)11-10-17(16)24(5)23-18/h6-9H,10-12,22H2,1-5H3. The average Bonchev–Trinajstić information content (AvgIpc) is 2.98. The highest BCUT2D eigenvalue weighted by atomic mass is 16.6. The molecule has 2 N–H and O–H groups in total. The van der Waals surface area contributed by atoms with Crippen molar-refractivity contribution in [2.75, 3.05) is 17.2 Å². The summed E-state index contributed by atoms with van der Waals surface area (Å²) in [5.74, 6) is -0.987. The van der Waals surface area contributed by atoms with Gasteiger partial charge in [0, 0.05) is 43.9 Å². The first-order chi connectivity index (χ1) is 14.0. The molecule has 3 rings (SSSR count). The van der Waals surface area contributed by atoms with Gasteiger partial charge >= 0.3 is 6.09 Å². The Labute approximate surface area is 175 Å². The van der Waals surface area contributed by atoms with Crippen LogP contribution >= 0.6 is 0 Å². The number of nitrogens with zero attached hydrogens (tertiary/aromatic N) is 4. The van der Waals surface area contributed by atoms with Crippen LogP contribution in [-0.4, -0.2) is 44.7 Å². The minimum Gasteiger partial charge on any atom is -0.444 e. The molecule has 9 heteroatoms. The summed E-state index contributed by atoms with van der Waals surface area (Å²) >= 11 is 0. The van der Waals surface area contributed by atoms with Gasteiger partial charge < -0.3 is 15.4 Å². The van der Waals surface area contributed by atoms with Crippen molar-refractivity contribution >= 4 is 29.3 Å². The lowest BCUT2D eigenvalue weighted by Crippen LogP contribution is -2.41. The molecule has 0 spiro atoms. The van der Waals surface area contributed by atoms with E-state index < -0.39 is 23.5 Å². The smallest absolute Gasteiger partial charge is 0.410 e. The van der Waals surface area contributed by atoms with Gasteiger partial charge in [-0.25, -0.2) is 9.69 Å². The molecule has 0 unspecified atom stereocenters. The molecule has 0 fully saturated rings. The highest BCUT2D eigenvalue weighted by molar-refractivity contribution is 6.20. The van der Waals surface area contributed by atoms with Crippen LogP contribution in [-0.2, 0) is 29.5 Å². The highest BCUT2D eigenvalue weighted by Crippen LogP contribution is 2.27. The minimum absolute atomic E-state index is 0.146. The quantitative estimate of drug-likeness (QED) is 0.758. The molecule has 160 valence electrons. The maximum atomic E-state index is 13.3. The number of rotatable bonds is 2. The summed E-state index contributed by atoms with van der Waals surface area (Å²) in [5, 5.41) is 4.38. The highest BCUT2D eigenvalue weighted by Gasteiger charge is 2.34. The largest absolute Gasteiger partial charge is 0.444 e. The maximum Gasteiger partial charge on any atom is 0.410 e. The Balaban J connectivity index is 1.94. The molecular weight excluding hydrogens is 386 g/mol. The number of amides is 3. The number of anilines is 2. The van der Waals surface area contributed by atoms with E-state index in [4.69, 9.17) is 10.5 Å². The number of imide groups is 1. The zero-order valence-corrected chi connectivity index (χ0v) is 17.9. The number of nitrogen functional groups attached to an aromatic ring is 1. The number of aromatic nitrogens is 2. The number of aryl methyl sites for hydroxylation is 1. The summed E-state index contributed by atoms with van der Waals surface area (Å²) in [4.78, 5) is 40.8. The van der Waals surface area contributed by atoms with E-state index in [1.807, 2.05) is 0 Å². The van der Waals surface area contributed by atoms with E-state index >= 15 is 0 Å². The molecule has 0 radical (unpaired) electrons. The lowest BCUT2D eigenvalue weighted by molar-refractivity contribution is -0.116. The van der Waals surface area contributed by atoms with Gasteiger partial charge in [-0.15, -0.1) is 0 Å². The zero-order valence-electron chi connectivity index (χ0n) is 17.9. The van der Waals surface area contributed by atoms with Crippen LogP contribution in [0, 0.1) is 0 Å². The van der Waals surface area contributed by atoms with Gasteiger partial charge in [-0.1, -0.05) is 0 Å². The summed E-state index contributed by atoms with van der Waals surface area (Å²) in [6.07, 6.45) is 0.0881. The molecule has 1 aliphatic rings. The number of ether oxygens (including phenoxy) is 1. The topological polar surface area (TPSA) is 111 Å². The summed E-state index contributed by atoms with van der Waals surface area (Å²) in [6, 6.07) is 6.46. The molecule has 2 heterocycles. The Hall–Kier alpha value is -3.36. The van der Waals surface area contributed by atoms with E-state index in [2.05, 4.69) is 5.10 Å². The van der Waals surface area contributed by atoms with Gasteiger partial charge in [0.25, 0.3) is 5.91 Å². The lowest BCUT2D eigenvalue weighted by Gasteiger charge is -2.30. The van der Waals surface area contributed by atoms with Crippen LogP contribution in [0.2, 0.25) is 0 Å². The number of carbonyl (C=O) groups is 3. The number of benzene rings is 1. The first-order valence-corrected chi connectivity index (χ1v) is 9.71. The second-order valence-electron chi connectivity index (χ2n) is 8.30. The Morgan fingerprint density at radius 2 is 1.80 bits per heavy atom. The predicted molar refractivity (Wildman–Crippen MR) is 112 cm³/mol. The van der Waals surface area contributed by atoms with Crippen LogP contribution in [0.1, 0.15) is 49.4 Å². The van der Waals surface area contributed by atoms with Crippen LogP contribution in [0.4, 0.5) is 16.2 Å². The van der Waals surface area contributed by atoms with Crippen molar-refractivity contribution in [3.63, 3.8) is 0 Å². The fourth-order valence-corrected chi connectivity index (χ4v) is 3.42. The van der Waals surface area contributed by atoms with Crippen LogP contribution < -0.4 is 10.6 Å². The summed E-state index contributed by atoms with van der Waals surface area (Å²) in [7, 11) is 1.75. The number of carbonyl (C=O) groups excluding carboxylic acids is 3. The minimum atomic E-state index is -0.620. The second kappa shape index (κ2) is 7.81. The van der Waals surface area contributed by atoms with Crippen molar-refractivity contribution in [1.82, 2.24) is 14.7 Å². The van der Waals surface area contributed by atoms with Gasteiger partial charge in [0.15, 0.2) is 5.69 Å². The molecule has 1 aliphatic heterocycles. The third-order valence-corrected chi connectivity index (χ3v) is 4.77. The Morgan fingerprint density at radius 1 is 1.17 bits per heavy atom. The molecule has 0 aliphatic carbocycles. The van der Waals surface area contributed by atoms with Crippen molar-refractivity contribution in [1.29, 1.82) is 0 Å². The first-order valence-electron chi connectivity index (χ1n) is 9.71. The van der Waals surface area contributed by atoms with Crippen LogP contribution in [0.3, 0.4) is 0 Å². The lowest BCUT2D eigenvalue weighted by atomic mass is 10.0. The molecule has 9 nitrogen and oxygen atoms in total. The predicted octanol–water partition coefficient (Wildman–Crippen LogP) is 2.49. The first kappa shape index (κ1) is 21.4. The molecule has 0 atom stereocenters. The molecule has 0 saturated heterocycles. The van der Waals surface area contributed by atoms with E-state index in [0.717, 1.165) is 10.6 Å². The van der Waals surface area contributed by atoms with Crippen molar-refractivity contribution in [3.8, 4) is 0 Å². The third kappa shape index (κ3) is 4.29. The second-order valence-corrected chi connectivity index (χ2v) is 8.30. The van der Waals surface area contributed by atoms with Crippen LogP contribution in [0.5, 0.6) is 0 Å². The third-order valence-electron chi connectivity index (χ3n) is 4.77. The number of hydrogen-bond acceptors (Lipinski definition) is 6. The van der Waals surface area contributed by atoms with Crippen LogP contribution in [0.25, 0.3) is 0 Å². The van der Waals surface area contributed by atoms with Crippen LogP contribution in [0.15, 0.2) is 24.3 Å². The van der Waals surface area contributed by atoms with Gasteiger partial charge in [-0.2, -0.15) is 5.10 Å². The van der Waals surface area contributed by atoms with Gasteiger partial charge in [-0.05, 0) is 45.0 Å². The van der Waals surface area contributed by atoms with Crippen molar-refractivity contribution in [2.24, 2.45) is 7.05 Å².